The molecule has 1 unspecified atom stereocenters. The molecule has 2 aliphatic rings. The number of ether oxygens (including phenoxy) is 1. The first-order chi connectivity index (χ1) is 9.22. The van der Waals surface area contributed by atoms with Crippen molar-refractivity contribution >= 4 is 0 Å². The second-order valence-corrected chi connectivity index (χ2v) is 5.96. The van der Waals surface area contributed by atoms with Gasteiger partial charge in [0.2, 0.25) is 0 Å². The molecule has 3 rings (SSSR count). The van der Waals surface area contributed by atoms with Gasteiger partial charge in [0.15, 0.2) is 0 Å². The zero-order chi connectivity index (χ0) is 13.2. The van der Waals surface area contributed by atoms with Gasteiger partial charge in [0.05, 0.1) is 12.7 Å². The zero-order valence-corrected chi connectivity index (χ0v) is 11.6. The molecule has 1 fully saturated rings. The molecule has 1 atom stereocenters. The van der Waals surface area contributed by atoms with Crippen LogP contribution in [-0.4, -0.2) is 42.9 Å². The lowest BCUT2D eigenvalue weighted by molar-refractivity contribution is 0.107. The van der Waals surface area contributed by atoms with Gasteiger partial charge in [-0.1, -0.05) is 12.1 Å². The molecule has 1 aliphatic carbocycles. The summed E-state index contributed by atoms with van der Waals surface area (Å²) in [5, 5.41) is 9.93. The van der Waals surface area contributed by atoms with Crippen molar-refractivity contribution < 1.29 is 9.84 Å². The van der Waals surface area contributed by atoms with E-state index in [-0.39, 0.29) is 6.10 Å². The van der Waals surface area contributed by atoms with Crippen molar-refractivity contribution in [3.05, 3.63) is 29.3 Å². The standard InChI is InChI=1S/C16H23NO2/c1-17(11-15(18)13-3-4-13)8-6-12-2-5-16-14(10-12)7-9-19-16/h2,5,10,13,15,18H,3-4,6-9,11H2,1H3. The summed E-state index contributed by atoms with van der Waals surface area (Å²) >= 11 is 0. The highest BCUT2D eigenvalue weighted by Gasteiger charge is 2.30. The maximum absolute atomic E-state index is 9.93. The predicted octanol–water partition coefficient (Wildman–Crippen LogP) is 1.87. The molecule has 1 heterocycles. The molecular weight excluding hydrogens is 238 g/mol. The average molecular weight is 261 g/mol. The van der Waals surface area contributed by atoms with Crippen molar-refractivity contribution in [3.63, 3.8) is 0 Å². The Labute approximate surface area is 115 Å². The quantitative estimate of drug-likeness (QED) is 0.848. The Morgan fingerprint density at radius 3 is 3.05 bits per heavy atom. The van der Waals surface area contributed by atoms with E-state index >= 15 is 0 Å². The number of rotatable bonds is 6. The van der Waals surface area contributed by atoms with Crippen molar-refractivity contribution in [1.29, 1.82) is 0 Å². The molecule has 0 aromatic heterocycles. The summed E-state index contributed by atoms with van der Waals surface area (Å²) in [4.78, 5) is 2.24. The van der Waals surface area contributed by atoms with Crippen LogP contribution in [0.2, 0.25) is 0 Å². The van der Waals surface area contributed by atoms with Gasteiger partial charge in [0.25, 0.3) is 0 Å². The van der Waals surface area contributed by atoms with Crippen LogP contribution < -0.4 is 4.74 Å². The van der Waals surface area contributed by atoms with Gasteiger partial charge >= 0.3 is 0 Å². The van der Waals surface area contributed by atoms with E-state index in [1.165, 1.54) is 24.0 Å². The van der Waals surface area contributed by atoms with Crippen LogP contribution in [0.1, 0.15) is 24.0 Å². The number of benzene rings is 1. The van der Waals surface area contributed by atoms with Crippen LogP contribution in [0.15, 0.2) is 18.2 Å². The van der Waals surface area contributed by atoms with Gasteiger partial charge in [-0.3, -0.25) is 0 Å². The fraction of sp³-hybridized carbons (Fsp3) is 0.625. The Bertz CT molecular complexity index is 442. The van der Waals surface area contributed by atoms with Gasteiger partial charge < -0.3 is 14.7 Å². The Morgan fingerprint density at radius 1 is 1.42 bits per heavy atom. The van der Waals surface area contributed by atoms with Crippen LogP contribution in [0.3, 0.4) is 0 Å². The van der Waals surface area contributed by atoms with E-state index in [9.17, 15) is 5.11 Å². The van der Waals surface area contributed by atoms with E-state index in [0.717, 1.165) is 38.3 Å². The molecule has 0 bridgehead atoms. The topological polar surface area (TPSA) is 32.7 Å². The van der Waals surface area contributed by atoms with Crippen LogP contribution >= 0.6 is 0 Å². The van der Waals surface area contributed by atoms with E-state index in [0.29, 0.717) is 5.92 Å². The molecule has 3 heteroatoms. The highest BCUT2D eigenvalue weighted by atomic mass is 16.5. The highest BCUT2D eigenvalue weighted by molar-refractivity contribution is 5.39. The third-order valence-corrected chi connectivity index (χ3v) is 4.20. The molecule has 0 amide bonds. The first-order valence-corrected chi connectivity index (χ1v) is 7.33. The summed E-state index contributed by atoms with van der Waals surface area (Å²) in [6.45, 7) is 2.63. The molecular formula is C16H23NO2. The number of hydrogen-bond acceptors (Lipinski definition) is 3. The molecule has 3 nitrogen and oxygen atoms in total. The van der Waals surface area contributed by atoms with Crippen LogP contribution in [0.5, 0.6) is 5.75 Å². The number of aliphatic hydroxyl groups is 1. The molecule has 1 aromatic rings. The monoisotopic (exact) mass is 261 g/mol. The normalized spacial score (nSPS) is 19.3. The summed E-state index contributed by atoms with van der Waals surface area (Å²) < 4.78 is 5.52. The third-order valence-electron chi connectivity index (χ3n) is 4.20. The van der Waals surface area contributed by atoms with Gasteiger partial charge in [-0.2, -0.15) is 0 Å². The molecule has 19 heavy (non-hydrogen) atoms. The van der Waals surface area contributed by atoms with Crippen molar-refractivity contribution in [2.45, 2.75) is 31.8 Å². The van der Waals surface area contributed by atoms with Gasteiger partial charge in [0.1, 0.15) is 5.75 Å². The number of aliphatic hydroxyl groups excluding tert-OH is 1. The minimum atomic E-state index is -0.126. The first-order valence-electron chi connectivity index (χ1n) is 7.33. The molecule has 1 saturated carbocycles. The zero-order valence-electron chi connectivity index (χ0n) is 11.6. The summed E-state index contributed by atoms with van der Waals surface area (Å²) in [6.07, 6.45) is 4.37. The molecule has 1 aromatic carbocycles. The second kappa shape index (κ2) is 5.51. The lowest BCUT2D eigenvalue weighted by Crippen LogP contribution is -2.31. The van der Waals surface area contributed by atoms with E-state index in [1.54, 1.807) is 0 Å². The summed E-state index contributed by atoms with van der Waals surface area (Å²) in [6, 6.07) is 6.53. The number of nitrogens with zero attached hydrogens (tertiary/aromatic N) is 1. The number of hydrogen-bond donors (Lipinski definition) is 1. The Hall–Kier alpha value is -1.06. The van der Waals surface area contributed by atoms with Gasteiger partial charge in [-0.25, -0.2) is 0 Å². The molecule has 104 valence electrons. The molecule has 0 spiro atoms. The highest BCUT2D eigenvalue weighted by Crippen LogP contribution is 2.32. The Morgan fingerprint density at radius 2 is 2.26 bits per heavy atom. The van der Waals surface area contributed by atoms with Gasteiger partial charge in [-0.05, 0) is 49.4 Å². The lowest BCUT2D eigenvalue weighted by atomic mass is 10.1. The molecule has 1 N–H and O–H groups in total. The van der Waals surface area contributed by atoms with Crippen molar-refractivity contribution in [1.82, 2.24) is 4.90 Å². The lowest BCUT2D eigenvalue weighted by Gasteiger charge is -2.20. The maximum atomic E-state index is 9.93. The minimum Gasteiger partial charge on any atom is -0.493 e. The second-order valence-electron chi connectivity index (χ2n) is 5.96. The average Bonchev–Trinajstić information content (AvgIpc) is 3.15. The van der Waals surface area contributed by atoms with Crippen LogP contribution in [-0.2, 0) is 12.8 Å². The molecule has 1 aliphatic heterocycles. The largest absolute Gasteiger partial charge is 0.493 e. The maximum Gasteiger partial charge on any atom is 0.122 e. The Kier molecular flexibility index (Phi) is 3.76. The van der Waals surface area contributed by atoms with E-state index in [4.69, 9.17) is 4.74 Å². The fourth-order valence-corrected chi connectivity index (χ4v) is 2.76. The summed E-state index contributed by atoms with van der Waals surface area (Å²) in [5.74, 6) is 1.63. The number of fused-ring (bicyclic) bond motifs is 1. The van der Waals surface area contributed by atoms with Gasteiger partial charge in [0, 0.05) is 19.5 Å². The molecule has 0 radical (unpaired) electrons. The van der Waals surface area contributed by atoms with Crippen LogP contribution in [0, 0.1) is 5.92 Å². The third kappa shape index (κ3) is 3.28. The predicted molar refractivity (Wildman–Crippen MR) is 75.6 cm³/mol. The smallest absolute Gasteiger partial charge is 0.122 e. The SMILES string of the molecule is CN(CCc1ccc2c(c1)CCO2)CC(O)C1CC1. The van der Waals surface area contributed by atoms with Crippen molar-refractivity contribution in [3.8, 4) is 5.75 Å². The molecule has 0 saturated heterocycles. The van der Waals surface area contributed by atoms with E-state index < -0.39 is 0 Å². The van der Waals surface area contributed by atoms with Crippen molar-refractivity contribution in [2.75, 3.05) is 26.7 Å². The van der Waals surface area contributed by atoms with E-state index in [2.05, 4.69) is 30.1 Å². The van der Waals surface area contributed by atoms with Crippen LogP contribution in [0.25, 0.3) is 0 Å². The van der Waals surface area contributed by atoms with Crippen LogP contribution in [0.4, 0.5) is 0 Å². The summed E-state index contributed by atoms with van der Waals surface area (Å²) in [5.41, 5.74) is 2.72. The van der Waals surface area contributed by atoms with Gasteiger partial charge in [-0.15, -0.1) is 0 Å². The Balaban J connectivity index is 1.48. The first kappa shape index (κ1) is 12.9. The van der Waals surface area contributed by atoms with E-state index in [1.807, 2.05) is 0 Å². The fourth-order valence-electron chi connectivity index (χ4n) is 2.76. The van der Waals surface area contributed by atoms with Crippen molar-refractivity contribution in [2.24, 2.45) is 5.92 Å². The number of likely N-dealkylation sites (N-methyl/N-ethyl adjacent to an activating group) is 1. The summed E-state index contributed by atoms with van der Waals surface area (Å²) in [7, 11) is 2.10. The minimum absolute atomic E-state index is 0.126.